The zero-order valence-electron chi connectivity index (χ0n) is 10.9. The molecule has 3 nitrogen and oxygen atoms in total. The van der Waals surface area contributed by atoms with E-state index in [9.17, 15) is 4.79 Å². The molecule has 0 aromatic heterocycles. The zero-order valence-corrected chi connectivity index (χ0v) is 12.5. The lowest BCUT2D eigenvalue weighted by molar-refractivity contribution is 0.0697. The smallest absolute Gasteiger partial charge is 0.337 e. The highest BCUT2D eigenvalue weighted by Gasteiger charge is 2.32. The highest BCUT2D eigenvalue weighted by Crippen LogP contribution is 2.40. The van der Waals surface area contributed by atoms with E-state index >= 15 is 0 Å². The number of hydrogen-bond donors (Lipinski definition) is 2. The molecule has 2 rings (SSSR count). The minimum Gasteiger partial charge on any atom is -0.478 e. The molecule has 0 aliphatic heterocycles. The van der Waals surface area contributed by atoms with Gasteiger partial charge in [0.25, 0.3) is 0 Å². The molecule has 0 amide bonds. The third-order valence-electron chi connectivity index (χ3n) is 3.76. The number of anilines is 1. The fourth-order valence-corrected chi connectivity index (χ4v) is 3.71. The van der Waals surface area contributed by atoms with Crippen LogP contribution in [0.1, 0.15) is 36.0 Å². The molecule has 0 heterocycles. The highest BCUT2D eigenvalue weighted by atomic mass is 35.5. The van der Waals surface area contributed by atoms with Crippen molar-refractivity contribution in [3.8, 4) is 0 Å². The van der Waals surface area contributed by atoms with Gasteiger partial charge >= 0.3 is 5.97 Å². The zero-order chi connectivity index (χ0) is 13.9. The molecule has 0 atom stereocenters. The quantitative estimate of drug-likeness (QED) is 0.858. The van der Waals surface area contributed by atoms with E-state index in [1.807, 2.05) is 11.8 Å². The van der Waals surface area contributed by atoms with Crippen LogP contribution in [-0.4, -0.2) is 28.6 Å². The van der Waals surface area contributed by atoms with Gasteiger partial charge in [0.2, 0.25) is 0 Å². The van der Waals surface area contributed by atoms with Crippen LogP contribution in [-0.2, 0) is 0 Å². The molecule has 1 aromatic rings. The van der Waals surface area contributed by atoms with Crippen LogP contribution in [0.25, 0.3) is 0 Å². The van der Waals surface area contributed by atoms with Crippen LogP contribution in [0.3, 0.4) is 0 Å². The molecule has 19 heavy (non-hydrogen) atoms. The van der Waals surface area contributed by atoms with Crippen molar-refractivity contribution in [1.82, 2.24) is 0 Å². The summed E-state index contributed by atoms with van der Waals surface area (Å²) < 4.78 is 0.317. The fourth-order valence-electron chi connectivity index (χ4n) is 2.53. The van der Waals surface area contributed by atoms with E-state index in [-0.39, 0.29) is 10.6 Å². The number of rotatable bonds is 5. The Morgan fingerprint density at radius 3 is 2.68 bits per heavy atom. The van der Waals surface area contributed by atoms with Crippen LogP contribution in [0.2, 0.25) is 5.02 Å². The SMILES string of the molecule is CSC1(CNc2ccc(C(=O)O)c(Cl)c2)CCCC1. The Hall–Kier alpha value is -0.870. The van der Waals surface area contributed by atoms with Gasteiger partial charge < -0.3 is 10.4 Å². The molecule has 2 N–H and O–H groups in total. The van der Waals surface area contributed by atoms with Crippen molar-refractivity contribution in [2.45, 2.75) is 30.4 Å². The summed E-state index contributed by atoms with van der Waals surface area (Å²) in [4.78, 5) is 10.9. The summed E-state index contributed by atoms with van der Waals surface area (Å²) in [6.07, 6.45) is 7.22. The molecule has 1 aliphatic rings. The Labute approximate surface area is 122 Å². The highest BCUT2D eigenvalue weighted by molar-refractivity contribution is 8.00. The summed E-state index contributed by atoms with van der Waals surface area (Å²) in [5, 5.41) is 12.6. The van der Waals surface area contributed by atoms with Crippen molar-refractivity contribution < 1.29 is 9.90 Å². The summed E-state index contributed by atoms with van der Waals surface area (Å²) in [6, 6.07) is 5.01. The Kier molecular flexibility index (Phi) is 4.63. The molecule has 0 saturated heterocycles. The fraction of sp³-hybridized carbons (Fsp3) is 0.500. The number of hydrogen-bond acceptors (Lipinski definition) is 3. The number of benzene rings is 1. The molecule has 0 radical (unpaired) electrons. The van der Waals surface area contributed by atoms with Gasteiger partial charge in [0, 0.05) is 17.0 Å². The Bertz CT molecular complexity index is 473. The van der Waals surface area contributed by atoms with Gasteiger partial charge in [0.1, 0.15) is 0 Å². The maximum Gasteiger partial charge on any atom is 0.337 e. The summed E-state index contributed by atoms with van der Waals surface area (Å²) in [5.74, 6) is -0.993. The van der Waals surface area contributed by atoms with Gasteiger partial charge in [-0.15, -0.1) is 0 Å². The molecule has 0 unspecified atom stereocenters. The molecule has 1 aliphatic carbocycles. The molecule has 0 spiro atoms. The average Bonchev–Trinajstić information content (AvgIpc) is 2.85. The van der Waals surface area contributed by atoms with Crippen LogP contribution in [0.5, 0.6) is 0 Å². The third kappa shape index (κ3) is 3.37. The first-order valence-electron chi connectivity index (χ1n) is 6.38. The molecule has 104 valence electrons. The summed E-state index contributed by atoms with van der Waals surface area (Å²) in [6.45, 7) is 0.900. The predicted molar refractivity (Wildman–Crippen MR) is 81.6 cm³/mol. The second-order valence-corrected chi connectivity index (χ2v) is 6.63. The van der Waals surface area contributed by atoms with Gasteiger partial charge in [-0.2, -0.15) is 11.8 Å². The van der Waals surface area contributed by atoms with E-state index in [0.717, 1.165) is 12.2 Å². The first-order valence-corrected chi connectivity index (χ1v) is 7.98. The third-order valence-corrected chi connectivity index (χ3v) is 5.49. The second-order valence-electron chi connectivity index (χ2n) is 4.95. The first kappa shape index (κ1) is 14.5. The number of aromatic carboxylic acids is 1. The van der Waals surface area contributed by atoms with Crippen LogP contribution in [0, 0.1) is 0 Å². The largest absolute Gasteiger partial charge is 0.478 e. The van der Waals surface area contributed by atoms with E-state index < -0.39 is 5.97 Å². The minimum absolute atomic E-state index is 0.146. The average molecular weight is 300 g/mol. The van der Waals surface area contributed by atoms with E-state index in [2.05, 4.69) is 11.6 Å². The van der Waals surface area contributed by atoms with Gasteiger partial charge in [0.05, 0.1) is 10.6 Å². The number of thioether (sulfide) groups is 1. The number of nitrogens with one attached hydrogen (secondary N) is 1. The second kappa shape index (κ2) is 6.06. The lowest BCUT2D eigenvalue weighted by atomic mass is 10.1. The first-order chi connectivity index (χ1) is 9.06. The summed E-state index contributed by atoms with van der Waals surface area (Å²) in [7, 11) is 0. The maximum atomic E-state index is 10.9. The Morgan fingerprint density at radius 1 is 1.47 bits per heavy atom. The van der Waals surface area contributed by atoms with Crippen molar-refractivity contribution >= 4 is 35.0 Å². The number of carboxylic acid groups (broad SMARTS) is 1. The van der Waals surface area contributed by atoms with Crippen molar-refractivity contribution in [3.05, 3.63) is 28.8 Å². The van der Waals surface area contributed by atoms with Crippen LogP contribution >= 0.6 is 23.4 Å². The van der Waals surface area contributed by atoms with Gasteiger partial charge in [-0.05, 0) is 37.3 Å². The number of carbonyl (C=O) groups is 1. The summed E-state index contributed by atoms with van der Waals surface area (Å²) in [5.41, 5.74) is 1.03. The molecule has 1 fully saturated rings. The predicted octanol–water partition coefficient (Wildman–Crippen LogP) is 4.13. The molecule has 5 heteroatoms. The monoisotopic (exact) mass is 299 g/mol. The van der Waals surface area contributed by atoms with Gasteiger partial charge in [0.15, 0.2) is 0 Å². The molecule has 0 bridgehead atoms. The molecular formula is C14H18ClNO2S. The normalized spacial score (nSPS) is 17.4. The minimum atomic E-state index is -0.993. The van der Waals surface area contributed by atoms with Gasteiger partial charge in [-0.1, -0.05) is 24.4 Å². The van der Waals surface area contributed by atoms with Crippen LogP contribution in [0.15, 0.2) is 18.2 Å². The Morgan fingerprint density at radius 2 is 2.16 bits per heavy atom. The van der Waals surface area contributed by atoms with Gasteiger partial charge in [-0.25, -0.2) is 4.79 Å². The summed E-state index contributed by atoms with van der Waals surface area (Å²) >= 11 is 7.88. The topological polar surface area (TPSA) is 49.3 Å². The molecular weight excluding hydrogens is 282 g/mol. The van der Waals surface area contributed by atoms with Crippen LogP contribution < -0.4 is 5.32 Å². The van der Waals surface area contributed by atoms with E-state index in [0.29, 0.717) is 4.75 Å². The Balaban J connectivity index is 2.03. The molecule has 1 saturated carbocycles. The van der Waals surface area contributed by atoms with Crippen molar-refractivity contribution in [2.24, 2.45) is 0 Å². The van der Waals surface area contributed by atoms with E-state index in [1.165, 1.54) is 25.7 Å². The number of halogens is 1. The van der Waals surface area contributed by atoms with Gasteiger partial charge in [-0.3, -0.25) is 0 Å². The lowest BCUT2D eigenvalue weighted by Crippen LogP contribution is -2.30. The maximum absolute atomic E-state index is 10.9. The van der Waals surface area contributed by atoms with Crippen molar-refractivity contribution in [1.29, 1.82) is 0 Å². The van der Waals surface area contributed by atoms with E-state index in [1.54, 1.807) is 18.2 Å². The number of carboxylic acids is 1. The standard InChI is InChI=1S/C14H18ClNO2S/c1-19-14(6-2-3-7-14)9-16-10-4-5-11(13(17)18)12(15)8-10/h4-5,8,16H,2-3,6-7,9H2,1H3,(H,17,18). The van der Waals surface area contributed by atoms with E-state index in [4.69, 9.17) is 16.7 Å². The lowest BCUT2D eigenvalue weighted by Gasteiger charge is -2.27. The molecule has 1 aromatic carbocycles. The van der Waals surface area contributed by atoms with Crippen molar-refractivity contribution in [3.63, 3.8) is 0 Å². The van der Waals surface area contributed by atoms with Crippen LogP contribution in [0.4, 0.5) is 5.69 Å². The van der Waals surface area contributed by atoms with Crippen molar-refractivity contribution in [2.75, 3.05) is 18.1 Å².